The van der Waals surface area contributed by atoms with Crippen LogP contribution in [-0.2, 0) is 11.3 Å². The van der Waals surface area contributed by atoms with Crippen LogP contribution in [0.2, 0.25) is 0 Å². The summed E-state index contributed by atoms with van der Waals surface area (Å²) in [6, 6.07) is 6.53. The Bertz CT molecular complexity index is 511. The number of rotatable bonds is 6. The lowest BCUT2D eigenvalue weighted by Gasteiger charge is -2.10. The van der Waals surface area contributed by atoms with Crippen LogP contribution in [-0.4, -0.2) is 30.4 Å². The third-order valence-electron chi connectivity index (χ3n) is 2.51. The second kappa shape index (κ2) is 7.88. The Kier molecular flexibility index (Phi) is 6.19. The van der Waals surface area contributed by atoms with Crippen LogP contribution < -0.4 is 21.7 Å². The lowest BCUT2D eigenvalue weighted by Crippen LogP contribution is -2.39. The molecule has 1 rings (SSSR count). The number of nitrogens with one attached hydrogen (secondary N) is 3. The van der Waals surface area contributed by atoms with Crippen LogP contribution in [0.5, 0.6) is 0 Å². The van der Waals surface area contributed by atoms with E-state index < -0.39 is 5.91 Å². The average molecular weight is 292 g/mol. The molecule has 114 valence electrons. The van der Waals surface area contributed by atoms with Crippen molar-refractivity contribution in [3.63, 3.8) is 0 Å². The average Bonchev–Trinajstić information content (AvgIpc) is 2.42. The Labute approximate surface area is 123 Å². The molecule has 0 radical (unpaired) electrons. The van der Waals surface area contributed by atoms with Crippen LogP contribution in [0.25, 0.3) is 0 Å². The van der Waals surface area contributed by atoms with Gasteiger partial charge in [-0.05, 0) is 31.5 Å². The highest BCUT2D eigenvalue weighted by Gasteiger charge is 2.07. The summed E-state index contributed by atoms with van der Waals surface area (Å²) in [7, 11) is 0. The molecule has 0 aliphatic heterocycles. The smallest absolute Gasteiger partial charge is 0.315 e. The summed E-state index contributed by atoms with van der Waals surface area (Å²) in [6.45, 7) is 3.91. The predicted octanol–water partition coefficient (Wildman–Crippen LogP) is 0.109. The van der Waals surface area contributed by atoms with Gasteiger partial charge in [0.2, 0.25) is 5.91 Å². The summed E-state index contributed by atoms with van der Waals surface area (Å²) in [6.07, 6.45) is 0. The van der Waals surface area contributed by atoms with Crippen LogP contribution in [0, 0.1) is 0 Å². The SMILES string of the molecule is CC(C)NC(=O)NCc1ccc(C(=O)NCC(N)=O)cc1. The highest BCUT2D eigenvalue weighted by molar-refractivity contribution is 5.96. The number of primary amides is 1. The zero-order chi connectivity index (χ0) is 15.8. The largest absolute Gasteiger partial charge is 0.368 e. The Morgan fingerprint density at radius 2 is 1.71 bits per heavy atom. The predicted molar refractivity (Wildman–Crippen MR) is 78.5 cm³/mol. The Balaban J connectivity index is 2.48. The molecule has 21 heavy (non-hydrogen) atoms. The first-order valence-corrected chi connectivity index (χ1v) is 6.58. The zero-order valence-corrected chi connectivity index (χ0v) is 12.1. The first-order chi connectivity index (χ1) is 9.88. The third-order valence-corrected chi connectivity index (χ3v) is 2.51. The molecule has 0 heterocycles. The molecule has 4 amide bonds. The molecule has 0 aromatic heterocycles. The summed E-state index contributed by atoms with van der Waals surface area (Å²) >= 11 is 0. The summed E-state index contributed by atoms with van der Waals surface area (Å²) < 4.78 is 0. The van der Waals surface area contributed by atoms with E-state index in [0.717, 1.165) is 5.56 Å². The van der Waals surface area contributed by atoms with E-state index in [9.17, 15) is 14.4 Å². The molecule has 0 spiro atoms. The van der Waals surface area contributed by atoms with Gasteiger partial charge in [0.05, 0.1) is 6.54 Å². The minimum Gasteiger partial charge on any atom is -0.368 e. The number of hydrogen-bond acceptors (Lipinski definition) is 3. The standard InChI is InChI=1S/C14H20N4O3/c1-9(2)18-14(21)17-7-10-3-5-11(6-4-10)13(20)16-8-12(15)19/h3-6,9H,7-8H2,1-2H3,(H2,15,19)(H,16,20)(H2,17,18,21). The summed E-state index contributed by atoms with van der Waals surface area (Å²) in [5, 5.41) is 7.82. The number of amides is 4. The van der Waals surface area contributed by atoms with Gasteiger partial charge in [0, 0.05) is 18.2 Å². The zero-order valence-electron chi connectivity index (χ0n) is 12.1. The number of carbonyl (C=O) groups excluding carboxylic acids is 3. The highest BCUT2D eigenvalue weighted by atomic mass is 16.2. The van der Waals surface area contributed by atoms with Gasteiger partial charge >= 0.3 is 6.03 Å². The highest BCUT2D eigenvalue weighted by Crippen LogP contribution is 2.04. The van der Waals surface area contributed by atoms with Crippen LogP contribution in [0.4, 0.5) is 4.79 Å². The van der Waals surface area contributed by atoms with Gasteiger partial charge in [-0.25, -0.2) is 4.79 Å². The Hall–Kier alpha value is -2.57. The first kappa shape index (κ1) is 16.5. The molecule has 0 atom stereocenters. The van der Waals surface area contributed by atoms with Crippen molar-refractivity contribution >= 4 is 17.8 Å². The molecule has 0 fully saturated rings. The van der Waals surface area contributed by atoms with Crippen molar-refractivity contribution in [1.82, 2.24) is 16.0 Å². The minimum atomic E-state index is -0.597. The van der Waals surface area contributed by atoms with Gasteiger partial charge in [-0.3, -0.25) is 9.59 Å². The fourth-order valence-electron chi connectivity index (χ4n) is 1.54. The van der Waals surface area contributed by atoms with Gasteiger partial charge in [-0.15, -0.1) is 0 Å². The molecule has 1 aromatic carbocycles. The molecule has 0 bridgehead atoms. The molecule has 0 unspecified atom stereocenters. The van der Waals surface area contributed by atoms with Crippen molar-refractivity contribution in [1.29, 1.82) is 0 Å². The Morgan fingerprint density at radius 1 is 1.10 bits per heavy atom. The van der Waals surface area contributed by atoms with E-state index in [-0.39, 0.29) is 24.5 Å². The van der Waals surface area contributed by atoms with Gasteiger partial charge in [-0.2, -0.15) is 0 Å². The third kappa shape index (κ3) is 6.42. The van der Waals surface area contributed by atoms with Crippen molar-refractivity contribution < 1.29 is 14.4 Å². The van der Waals surface area contributed by atoms with Gasteiger partial charge in [0.25, 0.3) is 5.91 Å². The van der Waals surface area contributed by atoms with Crippen molar-refractivity contribution in [3.8, 4) is 0 Å². The molecular formula is C14H20N4O3. The maximum absolute atomic E-state index is 11.6. The minimum absolute atomic E-state index is 0.0707. The van der Waals surface area contributed by atoms with E-state index in [1.54, 1.807) is 24.3 Å². The second-order valence-corrected chi connectivity index (χ2v) is 4.83. The van der Waals surface area contributed by atoms with Gasteiger partial charge < -0.3 is 21.7 Å². The lowest BCUT2D eigenvalue weighted by molar-refractivity contribution is -0.117. The van der Waals surface area contributed by atoms with Crippen molar-refractivity contribution in [2.45, 2.75) is 26.4 Å². The fraction of sp³-hybridized carbons (Fsp3) is 0.357. The van der Waals surface area contributed by atoms with Gasteiger partial charge in [0.15, 0.2) is 0 Å². The van der Waals surface area contributed by atoms with Crippen molar-refractivity contribution in [3.05, 3.63) is 35.4 Å². The fourth-order valence-corrected chi connectivity index (χ4v) is 1.54. The molecule has 0 saturated carbocycles. The maximum atomic E-state index is 11.6. The molecule has 7 nitrogen and oxygen atoms in total. The van der Waals surface area contributed by atoms with Crippen molar-refractivity contribution in [2.24, 2.45) is 5.73 Å². The maximum Gasteiger partial charge on any atom is 0.315 e. The van der Waals surface area contributed by atoms with E-state index in [2.05, 4.69) is 16.0 Å². The summed E-state index contributed by atoms with van der Waals surface area (Å²) in [5.41, 5.74) is 6.23. The molecular weight excluding hydrogens is 272 g/mol. The van der Waals surface area contributed by atoms with E-state index in [1.807, 2.05) is 13.8 Å². The molecule has 7 heteroatoms. The number of nitrogens with two attached hydrogens (primary N) is 1. The lowest BCUT2D eigenvalue weighted by atomic mass is 10.1. The summed E-state index contributed by atoms with van der Waals surface area (Å²) in [5.74, 6) is -0.966. The number of benzene rings is 1. The molecule has 1 aromatic rings. The quantitative estimate of drug-likeness (QED) is 0.596. The Morgan fingerprint density at radius 3 is 2.24 bits per heavy atom. The van der Waals surface area contributed by atoms with Crippen LogP contribution in [0.3, 0.4) is 0 Å². The molecule has 0 aliphatic carbocycles. The monoisotopic (exact) mass is 292 g/mol. The number of hydrogen-bond donors (Lipinski definition) is 4. The molecule has 5 N–H and O–H groups in total. The van der Waals surface area contributed by atoms with E-state index in [0.29, 0.717) is 12.1 Å². The normalized spacial score (nSPS) is 10.0. The van der Waals surface area contributed by atoms with Gasteiger partial charge in [0.1, 0.15) is 0 Å². The summed E-state index contributed by atoms with van der Waals surface area (Å²) in [4.78, 5) is 33.6. The van der Waals surface area contributed by atoms with Crippen LogP contribution in [0.15, 0.2) is 24.3 Å². The van der Waals surface area contributed by atoms with Gasteiger partial charge in [-0.1, -0.05) is 12.1 Å². The molecule has 0 saturated heterocycles. The van der Waals surface area contributed by atoms with Crippen molar-refractivity contribution in [2.75, 3.05) is 6.54 Å². The van der Waals surface area contributed by atoms with E-state index >= 15 is 0 Å². The van der Waals surface area contributed by atoms with E-state index in [4.69, 9.17) is 5.73 Å². The number of carbonyl (C=O) groups is 3. The topological polar surface area (TPSA) is 113 Å². The molecule has 0 aliphatic rings. The van der Waals surface area contributed by atoms with Crippen LogP contribution >= 0.6 is 0 Å². The first-order valence-electron chi connectivity index (χ1n) is 6.58. The van der Waals surface area contributed by atoms with E-state index in [1.165, 1.54) is 0 Å². The second-order valence-electron chi connectivity index (χ2n) is 4.83. The number of urea groups is 1. The van der Waals surface area contributed by atoms with Crippen LogP contribution in [0.1, 0.15) is 29.8 Å².